The molecule has 0 radical (unpaired) electrons. The van der Waals surface area contributed by atoms with Gasteiger partial charge in [-0.2, -0.15) is 5.10 Å². The highest BCUT2D eigenvalue weighted by Crippen LogP contribution is 2.19. The van der Waals surface area contributed by atoms with Crippen LogP contribution in [0.4, 0.5) is 0 Å². The summed E-state index contributed by atoms with van der Waals surface area (Å²) in [5, 5.41) is 17.7. The van der Waals surface area contributed by atoms with E-state index in [1.54, 1.807) is 17.1 Å². The lowest BCUT2D eigenvalue weighted by atomic mass is 10.0. The van der Waals surface area contributed by atoms with E-state index in [4.69, 9.17) is 0 Å². The maximum absolute atomic E-state index is 10.3. The highest BCUT2D eigenvalue weighted by Gasteiger charge is 2.15. The highest BCUT2D eigenvalue weighted by atomic mass is 79.9. The molecule has 0 aliphatic carbocycles. The summed E-state index contributed by atoms with van der Waals surface area (Å²) in [4.78, 5) is 0. The molecule has 0 bridgehead atoms. The number of halogens is 1. The number of hydrogen-bond donors (Lipinski definition) is 2. The van der Waals surface area contributed by atoms with Crippen molar-refractivity contribution in [2.75, 3.05) is 0 Å². The Morgan fingerprint density at radius 1 is 1.45 bits per heavy atom. The average molecular weight is 336 g/mol. The summed E-state index contributed by atoms with van der Waals surface area (Å²) in [7, 11) is 0. The standard InChI is InChI=1S/C15H18BrN3O/c1-3-19-10-12(9-18-19)8-17-11(2)15(20)13-4-6-14(16)7-5-13/h3-7,9-11,15,17,20H,1,8H2,2H3. The zero-order valence-electron chi connectivity index (χ0n) is 11.3. The van der Waals surface area contributed by atoms with Crippen LogP contribution in [0.5, 0.6) is 0 Å². The van der Waals surface area contributed by atoms with Crippen molar-refractivity contribution < 1.29 is 5.11 Å². The van der Waals surface area contributed by atoms with E-state index in [0.29, 0.717) is 6.54 Å². The zero-order valence-corrected chi connectivity index (χ0v) is 12.9. The Morgan fingerprint density at radius 2 is 2.15 bits per heavy atom. The molecule has 4 nitrogen and oxygen atoms in total. The van der Waals surface area contributed by atoms with Crippen LogP contribution < -0.4 is 5.32 Å². The van der Waals surface area contributed by atoms with E-state index in [2.05, 4.69) is 32.9 Å². The lowest BCUT2D eigenvalue weighted by Gasteiger charge is -2.20. The van der Waals surface area contributed by atoms with Gasteiger partial charge in [-0.15, -0.1) is 0 Å². The molecule has 2 aromatic rings. The molecule has 2 N–H and O–H groups in total. The fraction of sp³-hybridized carbons (Fsp3) is 0.267. The van der Waals surface area contributed by atoms with E-state index in [1.165, 1.54) is 0 Å². The molecule has 2 unspecified atom stereocenters. The molecule has 0 fully saturated rings. The Labute approximate surface area is 127 Å². The summed E-state index contributed by atoms with van der Waals surface area (Å²) < 4.78 is 2.67. The van der Waals surface area contributed by atoms with Crippen molar-refractivity contribution in [3.05, 3.63) is 58.8 Å². The number of aromatic nitrogens is 2. The summed E-state index contributed by atoms with van der Waals surface area (Å²) in [6, 6.07) is 7.65. The fourth-order valence-electron chi connectivity index (χ4n) is 1.91. The first-order chi connectivity index (χ1) is 9.60. The van der Waals surface area contributed by atoms with Crippen LogP contribution in [0.1, 0.15) is 24.2 Å². The van der Waals surface area contributed by atoms with Gasteiger partial charge in [0.05, 0.1) is 12.3 Å². The van der Waals surface area contributed by atoms with E-state index in [-0.39, 0.29) is 6.04 Å². The quantitative estimate of drug-likeness (QED) is 0.853. The van der Waals surface area contributed by atoms with Crippen LogP contribution in [0.25, 0.3) is 6.20 Å². The van der Waals surface area contributed by atoms with Gasteiger partial charge in [0.15, 0.2) is 0 Å². The summed E-state index contributed by atoms with van der Waals surface area (Å²) in [6.07, 6.45) is 4.79. The van der Waals surface area contributed by atoms with Gasteiger partial charge in [-0.05, 0) is 24.6 Å². The number of aliphatic hydroxyl groups is 1. The SMILES string of the molecule is C=Cn1cc(CNC(C)C(O)c2ccc(Br)cc2)cn1. The molecular formula is C15H18BrN3O. The van der Waals surface area contributed by atoms with Gasteiger partial charge < -0.3 is 10.4 Å². The largest absolute Gasteiger partial charge is 0.387 e. The number of benzene rings is 1. The third kappa shape index (κ3) is 3.79. The molecule has 0 amide bonds. The number of aliphatic hydroxyl groups excluding tert-OH is 1. The van der Waals surface area contributed by atoms with E-state index in [9.17, 15) is 5.11 Å². The van der Waals surface area contributed by atoms with Crippen molar-refractivity contribution in [3.63, 3.8) is 0 Å². The molecule has 0 aliphatic heterocycles. The third-order valence-corrected chi connectivity index (χ3v) is 3.68. The van der Waals surface area contributed by atoms with Crippen LogP contribution in [-0.2, 0) is 6.54 Å². The summed E-state index contributed by atoms with van der Waals surface area (Å²) in [6.45, 7) is 6.27. The molecule has 0 saturated carbocycles. The minimum absolute atomic E-state index is 0.0525. The van der Waals surface area contributed by atoms with Gasteiger partial charge in [0.2, 0.25) is 0 Å². The summed E-state index contributed by atoms with van der Waals surface area (Å²) in [5.41, 5.74) is 1.95. The number of rotatable bonds is 6. The van der Waals surface area contributed by atoms with Crippen molar-refractivity contribution in [3.8, 4) is 0 Å². The molecule has 0 spiro atoms. The minimum Gasteiger partial charge on any atom is -0.387 e. The Balaban J connectivity index is 1.92. The van der Waals surface area contributed by atoms with E-state index in [1.807, 2.05) is 37.4 Å². The van der Waals surface area contributed by atoms with Crippen molar-refractivity contribution in [2.45, 2.75) is 25.6 Å². The van der Waals surface area contributed by atoms with E-state index >= 15 is 0 Å². The molecule has 2 rings (SSSR count). The van der Waals surface area contributed by atoms with Gasteiger partial charge in [0.1, 0.15) is 0 Å². The van der Waals surface area contributed by atoms with Gasteiger partial charge in [-0.1, -0.05) is 34.6 Å². The Hall–Kier alpha value is -1.43. The molecule has 0 saturated heterocycles. The molecule has 5 heteroatoms. The second-order valence-electron chi connectivity index (χ2n) is 4.68. The van der Waals surface area contributed by atoms with Crippen LogP contribution in [-0.4, -0.2) is 20.9 Å². The van der Waals surface area contributed by atoms with E-state index in [0.717, 1.165) is 15.6 Å². The van der Waals surface area contributed by atoms with Crippen molar-refractivity contribution >= 4 is 22.1 Å². The molecular weight excluding hydrogens is 318 g/mol. The molecule has 1 heterocycles. The number of nitrogens with one attached hydrogen (secondary N) is 1. The highest BCUT2D eigenvalue weighted by molar-refractivity contribution is 9.10. The predicted octanol–water partition coefficient (Wildman–Crippen LogP) is 2.96. The maximum atomic E-state index is 10.3. The predicted molar refractivity (Wildman–Crippen MR) is 84.0 cm³/mol. The Bertz CT molecular complexity index is 565. The fourth-order valence-corrected chi connectivity index (χ4v) is 2.17. The Morgan fingerprint density at radius 3 is 2.75 bits per heavy atom. The third-order valence-electron chi connectivity index (χ3n) is 3.16. The molecule has 20 heavy (non-hydrogen) atoms. The van der Waals surface area contributed by atoms with Crippen LogP contribution in [0.3, 0.4) is 0 Å². The normalized spacial score (nSPS) is 13.9. The second-order valence-corrected chi connectivity index (χ2v) is 5.59. The molecule has 0 aliphatic rings. The lowest BCUT2D eigenvalue weighted by molar-refractivity contribution is 0.135. The van der Waals surface area contributed by atoms with Crippen molar-refractivity contribution in [2.24, 2.45) is 0 Å². The van der Waals surface area contributed by atoms with Gasteiger partial charge in [0.25, 0.3) is 0 Å². The summed E-state index contributed by atoms with van der Waals surface area (Å²) in [5.74, 6) is 0. The first-order valence-electron chi connectivity index (χ1n) is 6.42. The maximum Gasteiger partial charge on any atom is 0.0940 e. The van der Waals surface area contributed by atoms with Crippen molar-refractivity contribution in [1.29, 1.82) is 0 Å². The monoisotopic (exact) mass is 335 g/mol. The average Bonchev–Trinajstić information content (AvgIpc) is 2.93. The first-order valence-corrected chi connectivity index (χ1v) is 7.22. The smallest absolute Gasteiger partial charge is 0.0940 e. The minimum atomic E-state index is -0.544. The summed E-state index contributed by atoms with van der Waals surface area (Å²) >= 11 is 3.39. The van der Waals surface area contributed by atoms with Gasteiger partial charge in [-0.25, -0.2) is 4.68 Å². The molecule has 1 aromatic heterocycles. The molecule has 106 valence electrons. The van der Waals surface area contributed by atoms with Crippen LogP contribution in [0.2, 0.25) is 0 Å². The zero-order chi connectivity index (χ0) is 14.5. The molecule has 2 atom stereocenters. The van der Waals surface area contributed by atoms with Gasteiger partial charge >= 0.3 is 0 Å². The van der Waals surface area contributed by atoms with Crippen molar-refractivity contribution in [1.82, 2.24) is 15.1 Å². The Kier molecular flexibility index (Phi) is 5.11. The van der Waals surface area contributed by atoms with E-state index < -0.39 is 6.10 Å². The second kappa shape index (κ2) is 6.83. The van der Waals surface area contributed by atoms with Crippen LogP contribution >= 0.6 is 15.9 Å². The first kappa shape index (κ1) is 15.0. The van der Waals surface area contributed by atoms with Gasteiger partial charge in [-0.3, -0.25) is 0 Å². The van der Waals surface area contributed by atoms with Gasteiger partial charge in [0, 0.05) is 35.0 Å². The van der Waals surface area contributed by atoms with Crippen LogP contribution in [0.15, 0.2) is 47.7 Å². The number of hydrogen-bond acceptors (Lipinski definition) is 3. The topological polar surface area (TPSA) is 50.1 Å². The number of nitrogens with zero attached hydrogens (tertiary/aromatic N) is 2. The van der Waals surface area contributed by atoms with Crippen LogP contribution in [0, 0.1) is 0 Å². The molecule has 1 aromatic carbocycles. The lowest BCUT2D eigenvalue weighted by Crippen LogP contribution is -2.31.